The third-order valence-electron chi connectivity index (χ3n) is 3.88. The molecule has 0 spiro atoms. The summed E-state index contributed by atoms with van der Waals surface area (Å²) >= 11 is 0. The highest BCUT2D eigenvalue weighted by atomic mass is 16.6. The molecule has 1 fully saturated rings. The van der Waals surface area contributed by atoms with Gasteiger partial charge in [-0.05, 0) is 38.5 Å². The summed E-state index contributed by atoms with van der Waals surface area (Å²) in [6.07, 6.45) is 2.79. The van der Waals surface area contributed by atoms with E-state index in [1.54, 1.807) is 13.8 Å². The van der Waals surface area contributed by atoms with Crippen LogP contribution in [0.15, 0.2) is 0 Å². The Morgan fingerprint density at radius 1 is 1.15 bits per heavy atom. The summed E-state index contributed by atoms with van der Waals surface area (Å²) < 4.78 is 9.82. The molecular formula is C15H26O5. The van der Waals surface area contributed by atoms with E-state index in [0.29, 0.717) is 5.92 Å². The lowest BCUT2D eigenvalue weighted by molar-refractivity contribution is -0.169. The molecule has 1 N–H and O–H groups in total. The van der Waals surface area contributed by atoms with Crippen LogP contribution in [-0.4, -0.2) is 36.4 Å². The van der Waals surface area contributed by atoms with Gasteiger partial charge in [-0.3, -0.25) is 9.59 Å². The van der Waals surface area contributed by atoms with Gasteiger partial charge in [0.15, 0.2) is 5.92 Å². The number of hydrogen-bond acceptors (Lipinski definition) is 5. The highest BCUT2D eigenvalue weighted by Crippen LogP contribution is 2.33. The largest absolute Gasteiger partial charge is 0.465 e. The first-order chi connectivity index (χ1) is 9.51. The van der Waals surface area contributed by atoms with Crippen LogP contribution in [-0.2, 0) is 19.1 Å². The van der Waals surface area contributed by atoms with Crippen LogP contribution in [0.5, 0.6) is 0 Å². The van der Waals surface area contributed by atoms with Gasteiger partial charge >= 0.3 is 11.9 Å². The standard InChI is InChI=1S/C15H26O5/c1-4-19-14(17)12(15(18)20-5-2)13(16)11-8-6-7-10(3)9-11/h10-13,16H,4-9H2,1-3H3. The zero-order chi connectivity index (χ0) is 15.1. The summed E-state index contributed by atoms with van der Waals surface area (Å²) in [5, 5.41) is 10.4. The Balaban J connectivity index is 2.79. The molecule has 0 aromatic carbocycles. The molecule has 20 heavy (non-hydrogen) atoms. The van der Waals surface area contributed by atoms with E-state index >= 15 is 0 Å². The molecule has 0 radical (unpaired) electrons. The first kappa shape index (κ1) is 17.0. The maximum atomic E-state index is 11.9. The molecule has 1 rings (SSSR count). The van der Waals surface area contributed by atoms with Gasteiger partial charge in [0.2, 0.25) is 0 Å². The molecule has 1 aliphatic carbocycles. The molecule has 3 unspecified atom stereocenters. The fraction of sp³-hybridized carbons (Fsp3) is 0.867. The molecule has 1 saturated carbocycles. The average Bonchev–Trinajstić information content (AvgIpc) is 2.39. The summed E-state index contributed by atoms with van der Waals surface area (Å²) in [6, 6.07) is 0. The summed E-state index contributed by atoms with van der Waals surface area (Å²) in [5.41, 5.74) is 0. The first-order valence-electron chi connectivity index (χ1n) is 7.52. The van der Waals surface area contributed by atoms with E-state index in [0.717, 1.165) is 25.7 Å². The fourth-order valence-electron chi connectivity index (χ4n) is 2.90. The molecule has 116 valence electrons. The lowest BCUT2D eigenvalue weighted by atomic mass is 9.76. The van der Waals surface area contributed by atoms with Crippen LogP contribution in [0.2, 0.25) is 0 Å². The van der Waals surface area contributed by atoms with Crippen LogP contribution in [0.3, 0.4) is 0 Å². The van der Waals surface area contributed by atoms with Crippen molar-refractivity contribution in [3.8, 4) is 0 Å². The van der Waals surface area contributed by atoms with Gasteiger partial charge in [-0.2, -0.15) is 0 Å². The molecule has 0 heterocycles. The molecule has 0 bridgehead atoms. The topological polar surface area (TPSA) is 72.8 Å². The third-order valence-corrected chi connectivity index (χ3v) is 3.88. The van der Waals surface area contributed by atoms with Crippen molar-refractivity contribution in [2.75, 3.05) is 13.2 Å². The van der Waals surface area contributed by atoms with Gasteiger partial charge in [0.25, 0.3) is 0 Å². The van der Waals surface area contributed by atoms with Gasteiger partial charge in [-0.25, -0.2) is 0 Å². The van der Waals surface area contributed by atoms with E-state index in [4.69, 9.17) is 9.47 Å². The molecule has 5 nitrogen and oxygen atoms in total. The third kappa shape index (κ3) is 4.47. The second-order valence-electron chi connectivity index (χ2n) is 5.50. The van der Waals surface area contributed by atoms with Crippen molar-refractivity contribution in [3.63, 3.8) is 0 Å². The minimum atomic E-state index is -1.22. The van der Waals surface area contributed by atoms with E-state index in [2.05, 4.69) is 6.92 Å². The van der Waals surface area contributed by atoms with E-state index in [9.17, 15) is 14.7 Å². The van der Waals surface area contributed by atoms with Gasteiger partial charge in [0, 0.05) is 0 Å². The Kier molecular flexibility index (Phi) is 6.99. The highest BCUT2D eigenvalue weighted by molar-refractivity contribution is 5.95. The Hall–Kier alpha value is -1.10. The minimum Gasteiger partial charge on any atom is -0.465 e. The van der Waals surface area contributed by atoms with Crippen molar-refractivity contribution in [1.29, 1.82) is 0 Å². The predicted molar refractivity (Wildman–Crippen MR) is 73.9 cm³/mol. The fourth-order valence-corrected chi connectivity index (χ4v) is 2.90. The zero-order valence-corrected chi connectivity index (χ0v) is 12.6. The van der Waals surface area contributed by atoms with Gasteiger partial charge in [0.05, 0.1) is 19.3 Å². The molecule has 0 aliphatic heterocycles. The van der Waals surface area contributed by atoms with E-state index < -0.39 is 24.0 Å². The highest BCUT2D eigenvalue weighted by Gasteiger charge is 2.41. The van der Waals surface area contributed by atoms with Gasteiger partial charge in [-0.1, -0.05) is 19.8 Å². The zero-order valence-electron chi connectivity index (χ0n) is 12.6. The van der Waals surface area contributed by atoms with Crippen LogP contribution < -0.4 is 0 Å². The molecule has 3 atom stereocenters. The molecule has 1 aliphatic rings. The normalized spacial score (nSPS) is 24.2. The van der Waals surface area contributed by atoms with Crippen LogP contribution >= 0.6 is 0 Å². The predicted octanol–water partition coefficient (Wildman–Crippen LogP) is 1.92. The summed E-state index contributed by atoms with van der Waals surface area (Å²) in [4.78, 5) is 23.9. The van der Waals surface area contributed by atoms with E-state index in [-0.39, 0.29) is 19.1 Å². The van der Waals surface area contributed by atoms with Crippen LogP contribution in [0.4, 0.5) is 0 Å². The van der Waals surface area contributed by atoms with Crippen molar-refractivity contribution >= 4 is 11.9 Å². The number of aliphatic hydroxyl groups is 1. The van der Waals surface area contributed by atoms with Crippen molar-refractivity contribution < 1.29 is 24.2 Å². The average molecular weight is 286 g/mol. The quantitative estimate of drug-likeness (QED) is 0.596. The van der Waals surface area contributed by atoms with Crippen molar-refractivity contribution in [2.45, 2.75) is 52.6 Å². The maximum Gasteiger partial charge on any atom is 0.323 e. The van der Waals surface area contributed by atoms with Crippen molar-refractivity contribution in [3.05, 3.63) is 0 Å². The molecule has 0 aromatic heterocycles. The van der Waals surface area contributed by atoms with Crippen LogP contribution in [0, 0.1) is 17.8 Å². The SMILES string of the molecule is CCOC(=O)C(C(=O)OCC)C(O)C1CCCC(C)C1. The molecule has 0 saturated heterocycles. The number of aliphatic hydroxyl groups excluding tert-OH is 1. The second kappa shape index (κ2) is 8.25. The number of esters is 2. The van der Waals surface area contributed by atoms with Crippen LogP contribution in [0.25, 0.3) is 0 Å². The van der Waals surface area contributed by atoms with E-state index in [1.807, 2.05) is 0 Å². The van der Waals surface area contributed by atoms with Crippen molar-refractivity contribution in [2.24, 2.45) is 17.8 Å². The number of carbonyl (C=O) groups excluding carboxylic acids is 2. The van der Waals surface area contributed by atoms with Crippen molar-refractivity contribution in [1.82, 2.24) is 0 Å². The summed E-state index contributed by atoms with van der Waals surface area (Å²) in [5.74, 6) is -2.12. The summed E-state index contributed by atoms with van der Waals surface area (Å²) in [7, 11) is 0. The monoisotopic (exact) mass is 286 g/mol. The smallest absolute Gasteiger partial charge is 0.323 e. The maximum absolute atomic E-state index is 11.9. The molecule has 5 heteroatoms. The van der Waals surface area contributed by atoms with Gasteiger partial charge in [0.1, 0.15) is 0 Å². The molecule has 0 aromatic rings. The molecular weight excluding hydrogens is 260 g/mol. The lowest BCUT2D eigenvalue weighted by Gasteiger charge is -2.32. The van der Waals surface area contributed by atoms with Gasteiger partial charge < -0.3 is 14.6 Å². The lowest BCUT2D eigenvalue weighted by Crippen LogP contribution is -2.43. The number of rotatable bonds is 6. The Morgan fingerprint density at radius 2 is 1.70 bits per heavy atom. The van der Waals surface area contributed by atoms with Crippen LogP contribution in [0.1, 0.15) is 46.5 Å². The molecule has 0 amide bonds. The Bertz CT molecular complexity index is 310. The number of carbonyl (C=O) groups is 2. The second-order valence-corrected chi connectivity index (χ2v) is 5.50. The number of hydrogen-bond donors (Lipinski definition) is 1. The van der Waals surface area contributed by atoms with E-state index in [1.165, 1.54) is 0 Å². The van der Waals surface area contributed by atoms with Gasteiger partial charge in [-0.15, -0.1) is 0 Å². The first-order valence-corrected chi connectivity index (χ1v) is 7.52. The minimum absolute atomic E-state index is 0.0439. The summed E-state index contributed by atoms with van der Waals surface area (Å²) in [6.45, 7) is 5.85. The Morgan fingerprint density at radius 3 is 2.15 bits per heavy atom. The number of ether oxygens (including phenoxy) is 2. The Labute approximate surface area is 120 Å².